The summed E-state index contributed by atoms with van der Waals surface area (Å²) in [4.78, 5) is 29.6. The second-order valence-electron chi connectivity index (χ2n) is 5.99. The molecule has 0 saturated carbocycles. The fourth-order valence-electron chi connectivity index (χ4n) is 3.04. The highest BCUT2D eigenvalue weighted by atomic mass is 32.1. The maximum absolute atomic E-state index is 12.6. The molecule has 1 aromatic carbocycles. The normalized spacial score (nSPS) is 19.6. The third kappa shape index (κ3) is 3.79. The van der Waals surface area contributed by atoms with Crippen LogP contribution >= 0.6 is 11.3 Å². The van der Waals surface area contributed by atoms with Crippen molar-refractivity contribution in [1.82, 2.24) is 4.98 Å². The number of aliphatic carboxylic acids is 1. The molecule has 0 bridgehead atoms. The van der Waals surface area contributed by atoms with Crippen molar-refractivity contribution in [2.24, 2.45) is 11.8 Å². The highest BCUT2D eigenvalue weighted by Crippen LogP contribution is 2.33. The lowest BCUT2D eigenvalue weighted by Gasteiger charge is -2.23. The van der Waals surface area contributed by atoms with E-state index >= 15 is 0 Å². The number of hydrogen-bond donors (Lipinski definition) is 2. The summed E-state index contributed by atoms with van der Waals surface area (Å²) >= 11 is 1.45. The second-order valence-corrected chi connectivity index (χ2v) is 7.08. The highest BCUT2D eigenvalue weighted by Gasteiger charge is 2.34. The van der Waals surface area contributed by atoms with Crippen LogP contribution in [-0.2, 0) is 16.0 Å². The number of benzene rings is 1. The van der Waals surface area contributed by atoms with Crippen LogP contribution in [0.2, 0.25) is 0 Å². The van der Waals surface area contributed by atoms with Crippen LogP contribution in [-0.4, -0.2) is 22.0 Å². The van der Waals surface area contributed by atoms with Gasteiger partial charge in [-0.05, 0) is 19.3 Å². The lowest BCUT2D eigenvalue weighted by molar-refractivity contribution is -0.146. The number of carbonyl (C=O) groups excluding carboxylic acids is 1. The topological polar surface area (TPSA) is 79.3 Å². The number of carbonyl (C=O) groups is 2. The van der Waals surface area contributed by atoms with E-state index in [0.717, 1.165) is 22.6 Å². The summed E-state index contributed by atoms with van der Waals surface area (Å²) < 4.78 is 0. The summed E-state index contributed by atoms with van der Waals surface area (Å²) in [7, 11) is 0. The molecule has 130 valence electrons. The smallest absolute Gasteiger partial charge is 0.307 e. The van der Waals surface area contributed by atoms with E-state index in [1.54, 1.807) is 0 Å². The van der Waals surface area contributed by atoms with Crippen molar-refractivity contribution < 1.29 is 14.7 Å². The number of hydrogen-bond acceptors (Lipinski definition) is 4. The lowest BCUT2D eigenvalue weighted by atomic mass is 9.82. The molecule has 3 rings (SSSR count). The Labute approximate surface area is 150 Å². The number of nitrogens with zero attached hydrogens (tertiary/aromatic N) is 1. The maximum Gasteiger partial charge on any atom is 0.307 e. The molecule has 0 aliphatic heterocycles. The number of allylic oxidation sites excluding steroid dienone is 2. The van der Waals surface area contributed by atoms with Crippen LogP contribution in [0.5, 0.6) is 0 Å². The summed E-state index contributed by atoms with van der Waals surface area (Å²) in [5, 5.41) is 12.7. The minimum Gasteiger partial charge on any atom is -0.481 e. The highest BCUT2D eigenvalue weighted by molar-refractivity contribution is 7.16. The average Bonchev–Trinajstić information content (AvgIpc) is 3.05. The van der Waals surface area contributed by atoms with Gasteiger partial charge in [0.1, 0.15) is 0 Å². The van der Waals surface area contributed by atoms with Gasteiger partial charge < -0.3 is 10.4 Å². The van der Waals surface area contributed by atoms with E-state index in [4.69, 9.17) is 0 Å². The summed E-state index contributed by atoms with van der Waals surface area (Å²) in [5.74, 6) is -2.43. The summed E-state index contributed by atoms with van der Waals surface area (Å²) in [5.41, 5.74) is 1.89. The van der Waals surface area contributed by atoms with Gasteiger partial charge in [0.25, 0.3) is 0 Å². The molecule has 2 atom stereocenters. The number of nitrogens with one attached hydrogen (secondary N) is 1. The van der Waals surface area contributed by atoms with E-state index in [2.05, 4.69) is 17.2 Å². The van der Waals surface area contributed by atoms with Crippen molar-refractivity contribution in [3.8, 4) is 11.3 Å². The second kappa shape index (κ2) is 7.61. The number of aromatic nitrogens is 1. The van der Waals surface area contributed by atoms with Gasteiger partial charge in [0.05, 0.1) is 17.5 Å². The van der Waals surface area contributed by atoms with Gasteiger partial charge in [0.2, 0.25) is 5.91 Å². The third-order valence-electron chi connectivity index (χ3n) is 4.38. The quantitative estimate of drug-likeness (QED) is 0.794. The first-order valence-corrected chi connectivity index (χ1v) is 9.15. The van der Waals surface area contributed by atoms with Crippen LogP contribution in [0.1, 0.15) is 24.6 Å². The van der Waals surface area contributed by atoms with Crippen LogP contribution in [0.3, 0.4) is 0 Å². The van der Waals surface area contributed by atoms with Gasteiger partial charge in [-0.2, -0.15) is 0 Å². The Balaban J connectivity index is 1.81. The van der Waals surface area contributed by atoms with E-state index in [9.17, 15) is 14.7 Å². The number of rotatable bonds is 5. The van der Waals surface area contributed by atoms with Crippen molar-refractivity contribution in [3.05, 3.63) is 47.4 Å². The summed E-state index contributed by atoms with van der Waals surface area (Å²) in [6.45, 7) is 2.05. The Morgan fingerprint density at radius 1 is 1.20 bits per heavy atom. The molecule has 2 aromatic rings. The Morgan fingerprint density at radius 3 is 2.52 bits per heavy atom. The minimum absolute atomic E-state index is 0.271. The molecule has 0 saturated heterocycles. The maximum atomic E-state index is 12.6. The molecule has 6 heteroatoms. The predicted molar refractivity (Wildman–Crippen MR) is 98.5 cm³/mol. The Bertz CT molecular complexity index is 798. The van der Waals surface area contributed by atoms with E-state index in [0.29, 0.717) is 18.0 Å². The molecule has 1 amide bonds. The zero-order chi connectivity index (χ0) is 17.8. The minimum atomic E-state index is -0.928. The molecule has 1 heterocycles. The molecule has 0 spiro atoms. The zero-order valence-electron chi connectivity index (χ0n) is 13.9. The number of thiazole rings is 1. The number of amides is 1. The molecule has 1 aliphatic carbocycles. The van der Waals surface area contributed by atoms with E-state index < -0.39 is 17.8 Å². The van der Waals surface area contributed by atoms with E-state index in [-0.39, 0.29) is 5.91 Å². The van der Waals surface area contributed by atoms with E-state index in [1.165, 1.54) is 11.3 Å². The number of aryl methyl sites for hydroxylation is 1. The standard InChI is InChI=1S/C19H20N2O3S/c1-2-15-16(12-8-4-3-5-9-12)20-19(25-15)21-17(22)13-10-6-7-11-14(13)18(23)24/h3-9,13-14H,2,10-11H2,1H3,(H,23,24)(H,20,21,22)/t13-,14+/m1/s1. The van der Waals surface area contributed by atoms with Gasteiger partial charge in [-0.3, -0.25) is 9.59 Å². The molecule has 5 nitrogen and oxygen atoms in total. The van der Waals surface area contributed by atoms with Crippen molar-refractivity contribution in [2.75, 3.05) is 5.32 Å². The number of carboxylic acid groups (broad SMARTS) is 1. The van der Waals surface area contributed by atoms with Crippen molar-refractivity contribution >= 4 is 28.3 Å². The third-order valence-corrected chi connectivity index (χ3v) is 5.50. The fourth-order valence-corrected chi connectivity index (χ4v) is 3.97. The molecule has 0 unspecified atom stereocenters. The molecule has 1 aliphatic rings. The zero-order valence-corrected chi connectivity index (χ0v) is 14.8. The molecule has 0 radical (unpaired) electrons. The van der Waals surface area contributed by atoms with Gasteiger partial charge in [-0.25, -0.2) is 4.98 Å². The first kappa shape index (κ1) is 17.4. The first-order valence-electron chi connectivity index (χ1n) is 8.34. The summed E-state index contributed by atoms with van der Waals surface area (Å²) in [6, 6.07) is 9.85. The summed E-state index contributed by atoms with van der Waals surface area (Å²) in [6.07, 6.45) is 5.36. The molecule has 0 fully saturated rings. The lowest BCUT2D eigenvalue weighted by Crippen LogP contribution is -2.34. The van der Waals surface area contributed by atoms with Gasteiger partial charge in [0, 0.05) is 10.4 Å². The monoisotopic (exact) mass is 356 g/mol. The van der Waals surface area contributed by atoms with Gasteiger partial charge >= 0.3 is 5.97 Å². The Kier molecular flexibility index (Phi) is 5.28. The first-order chi connectivity index (χ1) is 12.1. The molecular formula is C19H20N2O3S. The molecule has 1 aromatic heterocycles. The largest absolute Gasteiger partial charge is 0.481 e. The molecule has 25 heavy (non-hydrogen) atoms. The van der Waals surface area contributed by atoms with Gasteiger partial charge in [-0.1, -0.05) is 49.4 Å². The van der Waals surface area contributed by atoms with Crippen LogP contribution in [0.15, 0.2) is 42.5 Å². The van der Waals surface area contributed by atoms with Crippen LogP contribution in [0.25, 0.3) is 11.3 Å². The fraction of sp³-hybridized carbons (Fsp3) is 0.316. The Morgan fingerprint density at radius 2 is 1.88 bits per heavy atom. The average molecular weight is 356 g/mol. The van der Waals surface area contributed by atoms with Crippen molar-refractivity contribution in [1.29, 1.82) is 0 Å². The van der Waals surface area contributed by atoms with E-state index in [1.807, 2.05) is 42.5 Å². The predicted octanol–water partition coefficient (Wildman–Crippen LogP) is 3.98. The van der Waals surface area contributed by atoms with Crippen LogP contribution in [0, 0.1) is 11.8 Å². The van der Waals surface area contributed by atoms with Gasteiger partial charge in [0.15, 0.2) is 5.13 Å². The molecule has 2 N–H and O–H groups in total. The van der Waals surface area contributed by atoms with Crippen molar-refractivity contribution in [2.45, 2.75) is 26.2 Å². The number of carboxylic acids is 1. The van der Waals surface area contributed by atoms with Crippen molar-refractivity contribution in [3.63, 3.8) is 0 Å². The Hall–Kier alpha value is -2.47. The van der Waals surface area contributed by atoms with Crippen LogP contribution < -0.4 is 5.32 Å². The number of anilines is 1. The van der Waals surface area contributed by atoms with Gasteiger partial charge in [-0.15, -0.1) is 11.3 Å². The molecular weight excluding hydrogens is 336 g/mol. The SMILES string of the molecule is CCc1sc(NC(=O)[C@@H]2CC=CC[C@@H]2C(=O)O)nc1-c1ccccc1. The van der Waals surface area contributed by atoms with Crippen LogP contribution in [0.4, 0.5) is 5.13 Å².